The van der Waals surface area contributed by atoms with Crippen molar-refractivity contribution in [1.29, 1.82) is 0 Å². The Morgan fingerprint density at radius 1 is 1.11 bits per heavy atom. The van der Waals surface area contributed by atoms with Crippen LogP contribution in [0.3, 0.4) is 0 Å². The molecule has 102 valence electrons. The van der Waals surface area contributed by atoms with E-state index in [0.29, 0.717) is 18.0 Å². The molecule has 2 aromatic rings. The fourth-order valence-corrected chi connectivity index (χ4v) is 3.04. The molecule has 0 heterocycles. The molecule has 0 N–H and O–H groups in total. The summed E-state index contributed by atoms with van der Waals surface area (Å²) in [6, 6.07) is 12.9. The molecule has 0 spiro atoms. The SMILES string of the molecule is COCCN(C)S(=O)(=O)c1ccc2ccccc2c1. The molecule has 0 aliphatic heterocycles. The van der Waals surface area contributed by atoms with E-state index in [2.05, 4.69) is 0 Å². The van der Waals surface area contributed by atoms with Gasteiger partial charge < -0.3 is 4.74 Å². The van der Waals surface area contributed by atoms with E-state index in [-0.39, 0.29) is 0 Å². The predicted octanol–water partition coefficient (Wildman–Crippen LogP) is 2.11. The van der Waals surface area contributed by atoms with E-state index in [1.807, 2.05) is 30.3 Å². The predicted molar refractivity (Wildman–Crippen MR) is 75.6 cm³/mol. The summed E-state index contributed by atoms with van der Waals surface area (Å²) in [6.07, 6.45) is 0. The van der Waals surface area contributed by atoms with Crippen molar-refractivity contribution in [3.63, 3.8) is 0 Å². The number of nitrogens with zero attached hydrogens (tertiary/aromatic N) is 1. The number of hydrogen-bond donors (Lipinski definition) is 0. The van der Waals surface area contributed by atoms with Crippen molar-refractivity contribution < 1.29 is 13.2 Å². The third-order valence-electron chi connectivity index (χ3n) is 3.04. The number of fused-ring (bicyclic) bond motifs is 1. The molecular formula is C14H17NO3S. The molecule has 0 saturated carbocycles. The number of ether oxygens (including phenoxy) is 1. The highest BCUT2D eigenvalue weighted by Crippen LogP contribution is 2.21. The van der Waals surface area contributed by atoms with Gasteiger partial charge in [0.2, 0.25) is 10.0 Å². The lowest BCUT2D eigenvalue weighted by atomic mass is 10.1. The lowest BCUT2D eigenvalue weighted by molar-refractivity contribution is 0.185. The molecule has 0 aliphatic carbocycles. The molecule has 19 heavy (non-hydrogen) atoms. The van der Waals surface area contributed by atoms with Crippen LogP contribution in [0, 0.1) is 0 Å². The number of sulfonamides is 1. The maximum Gasteiger partial charge on any atom is 0.242 e. The molecule has 0 saturated heterocycles. The second kappa shape index (κ2) is 5.69. The monoisotopic (exact) mass is 279 g/mol. The Morgan fingerprint density at radius 3 is 2.47 bits per heavy atom. The molecule has 0 atom stereocenters. The smallest absolute Gasteiger partial charge is 0.242 e. The minimum absolute atomic E-state index is 0.310. The van der Waals surface area contributed by atoms with E-state index in [1.165, 1.54) is 4.31 Å². The Kier molecular flexibility index (Phi) is 4.19. The minimum atomic E-state index is -3.45. The van der Waals surface area contributed by atoms with E-state index >= 15 is 0 Å². The van der Waals surface area contributed by atoms with Crippen molar-refractivity contribution in [3.05, 3.63) is 42.5 Å². The highest BCUT2D eigenvalue weighted by molar-refractivity contribution is 7.89. The van der Waals surface area contributed by atoms with Gasteiger partial charge in [-0.05, 0) is 22.9 Å². The Morgan fingerprint density at radius 2 is 1.79 bits per heavy atom. The lowest BCUT2D eigenvalue weighted by Gasteiger charge is -2.17. The van der Waals surface area contributed by atoms with Crippen LogP contribution in [-0.4, -0.2) is 40.0 Å². The van der Waals surface area contributed by atoms with Crippen molar-refractivity contribution in [2.75, 3.05) is 27.3 Å². The number of methoxy groups -OCH3 is 1. The van der Waals surface area contributed by atoms with Gasteiger partial charge in [0.1, 0.15) is 0 Å². The second-order valence-corrected chi connectivity index (χ2v) is 6.37. The van der Waals surface area contributed by atoms with Crippen LogP contribution in [0.4, 0.5) is 0 Å². The van der Waals surface area contributed by atoms with Gasteiger partial charge in [0.25, 0.3) is 0 Å². The maximum absolute atomic E-state index is 12.4. The van der Waals surface area contributed by atoms with Gasteiger partial charge in [-0.25, -0.2) is 8.42 Å². The maximum atomic E-state index is 12.4. The molecule has 2 aromatic carbocycles. The summed E-state index contributed by atoms with van der Waals surface area (Å²) in [5.41, 5.74) is 0. The number of hydrogen-bond acceptors (Lipinski definition) is 3. The first-order valence-corrected chi connectivity index (χ1v) is 7.44. The van der Waals surface area contributed by atoms with Crippen molar-refractivity contribution in [2.24, 2.45) is 0 Å². The zero-order chi connectivity index (χ0) is 13.9. The van der Waals surface area contributed by atoms with Gasteiger partial charge in [0.05, 0.1) is 11.5 Å². The Balaban J connectivity index is 2.37. The highest BCUT2D eigenvalue weighted by atomic mass is 32.2. The molecule has 0 amide bonds. The van der Waals surface area contributed by atoms with Crippen molar-refractivity contribution >= 4 is 20.8 Å². The summed E-state index contributed by atoms with van der Waals surface area (Å²) in [7, 11) is -0.338. The molecule has 0 aliphatic rings. The summed E-state index contributed by atoms with van der Waals surface area (Å²) in [6.45, 7) is 0.717. The van der Waals surface area contributed by atoms with Crippen LogP contribution in [0.25, 0.3) is 10.8 Å². The van der Waals surface area contributed by atoms with Crippen LogP contribution in [0.5, 0.6) is 0 Å². The Hall–Kier alpha value is -1.43. The van der Waals surface area contributed by atoms with E-state index in [1.54, 1.807) is 26.3 Å². The first-order chi connectivity index (χ1) is 9.05. The molecule has 4 nitrogen and oxygen atoms in total. The van der Waals surface area contributed by atoms with Crippen LogP contribution in [-0.2, 0) is 14.8 Å². The second-order valence-electron chi connectivity index (χ2n) is 4.33. The first kappa shape index (κ1) is 14.0. The molecule has 2 rings (SSSR count). The summed E-state index contributed by atoms with van der Waals surface area (Å²) in [5.74, 6) is 0. The van der Waals surface area contributed by atoms with Crippen molar-refractivity contribution in [3.8, 4) is 0 Å². The number of likely N-dealkylation sites (N-methyl/N-ethyl adjacent to an activating group) is 1. The van der Waals surface area contributed by atoms with Crippen LogP contribution >= 0.6 is 0 Å². The molecule has 0 unspecified atom stereocenters. The quantitative estimate of drug-likeness (QED) is 0.842. The topological polar surface area (TPSA) is 46.6 Å². The zero-order valence-corrected chi connectivity index (χ0v) is 11.9. The summed E-state index contributed by atoms with van der Waals surface area (Å²) in [5, 5.41) is 1.95. The van der Waals surface area contributed by atoms with Gasteiger partial charge in [-0.15, -0.1) is 0 Å². The number of rotatable bonds is 5. The van der Waals surface area contributed by atoms with E-state index in [9.17, 15) is 8.42 Å². The van der Waals surface area contributed by atoms with Gasteiger partial charge in [-0.2, -0.15) is 4.31 Å². The molecule has 0 fully saturated rings. The van der Waals surface area contributed by atoms with Gasteiger partial charge in [0.15, 0.2) is 0 Å². The first-order valence-electron chi connectivity index (χ1n) is 6.00. The minimum Gasteiger partial charge on any atom is -0.383 e. The Bertz CT molecular complexity index is 667. The lowest BCUT2D eigenvalue weighted by Crippen LogP contribution is -2.30. The van der Waals surface area contributed by atoms with Gasteiger partial charge in [-0.3, -0.25) is 0 Å². The largest absolute Gasteiger partial charge is 0.383 e. The molecule has 0 radical (unpaired) electrons. The molecule has 0 bridgehead atoms. The fraction of sp³-hybridized carbons (Fsp3) is 0.286. The van der Waals surface area contributed by atoms with Gasteiger partial charge in [-0.1, -0.05) is 30.3 Å². The molecule has 5 heteroatoms. The van der Waals surface area contributed by atoms with Crippen LogP contribution in [0.15, 0.2) is 47.4 Å². The zero-order valence-electron chi connectivity index (χ0n) is 11.0. The van der Waals surface area contributed by atoms with Gasteiger partial charge in [0, 0.05) is 20.7 Å². The summed E-state index contributed by atoms with van der Waals surface area (Å²) >= 11 is 0. The van der Waals surface area contributed by atoms with E-state index < -0.39 is 10.0 Å². The average Bonchev–Trinajstić information content (AvgIpc) is 2.44. The fourth-order valence-electron chi connectivity index (χ4n) is 1.85. The Labute approximate surface area is 113 Å². The standard InChI is InChI=1S/C14H17NO3S/c1-15(9-10-18-2)19(16,17)14-8-7-12-5-3-4-6-13(12)11-14/h3-8,11H,9-10H2,1-2H3. The number of benzene rings is 2. The van der Waals surface area contributed by atoms with Crippen molar-refractivity contribution in [2.45, 2.75) is 4.90 Å². The van der Waals surface area contributed by atoms with E-state index in [0.717, 1.165) is 10.8 Å². The average molecular weight is 279 g/mol. The normalized spacial score (nSPS) is 12.2. The van der Waals surface area contributed by atoms with Crippen LogP contribution in [0.2, 0.25) is 0 Å². The third-order valence-corrected chi connectivity index (χ3v) is 4.89. The molecular weight excluding hydrogens is 262 g/mol. The van der Waals surface area contributed by atoms with Gasteiger partial charge >= 0.3 is 0 Å². The van der Waals surface area contributed by atoms with Crippen LogP contribution in [0.1, 0.15) is 0 Å². The third kappa shape index (κ3) is 2.94. The summed E-state index contributed by atoms with van der Waals surface area (Å²) < 4.78 is 30.9. The van der Waals surface area contributed by atoms with Crippen molar-refractivity contribution in [1.82, 2.24) is 4.31 Å². The van der Waals surface area contributed by atoms with Crippen LogP contribution < -0.4 is 0 Å². The molecule has 0 aromatic heterocycles. The van der Waals surface area contributed by atoms with E-state index in [4.69, 9.17) is 4.74 Å². The highest BCUT2D eigenvalue weighted by Gasteiger charge is 2.20. The summed E-state index contributed by atoms with van der Waals surface area (Å²) in [4.78, 5) is 0.310.